The van der Waals surface area contributed by atoms with E-state index in [-0.39, 0.29) is 12.0 Å². The fourth-order valence-corrected chi connectivity index (χ4v) is 1.68. The second-order valence-electron chi connectivity index (χ2n) is 4.13. The fraction of sp³-hybridized carbons (Fsp3) is 0.250. The average Bonchev–Trinajstić information content (AvgIpc) is 2.80. The highest BCUT2D eigenvalue weighted by atomic mass is 19.2. The van der Waals surface area contributed by atoms with Gasteiger partial charge in [0.15, 0.2) is 23.3 Å². The number of nitrogens with zero attached hydrogens (tertiary/aromatic N) is 3. The molecule has 9 heteroatoms. The summed E-state index contributed by atoms with van der Waals surface area (Å²) in [5.74, 6) is -8.26. The number of hydrogen-bond donors (Lipinski definition) is 1. The molecule has 0 saturated carbocycles. The summed E-state index contributed by atoms with van der Waals surface area (Å²) in [5, 5.41) is 5.92. The van der Waals surface area contributed by atoms with E-state index in [9.17, 15) is 22.4 Å². The van der Waals surface area contributed by atoms with Crippen LogP contribution in [-0.2, 0) is 13.5 Å². The zero-order chi connectivity index (χ0) is 15.7. The van der Waals surface area contributed by atoms with E-state index in [1.807, 2.05) is 0 Å². The topological polar surface area (TPSA) is 59.8 Å². The zero-order valence-corrected chi connectivity index (χ0v) is 11.0. The summed E-state index contributed by atoms with van der Waals surface area (Å²) in [6, 6.07) is 0.271. The first-order chi connectivity index (χ1) is 9.85. The highest BCUT2D eigenvalue weighted by Gasteiger charge is 2.23. The monoisotopic (exact) mass is 302 g/mol. The minimum absolute atomic E-state index is 0.149. The van der Waals surface area contributed by atoms with Gasteiger partial charge in [-0.15, -0.1) is 5.10 Å². The first kappa shape index (κ1) is 14.9. The van der Waals surface area contributed by atoms with Gasteiger partial charge in [-0.3, -0.25) is 14.8 Å². The van der Waals surface area contributed by atoms with Gasteiger partial charge in [0, 0.05) is 13.5 Å². The van der Waals surface area contributed by atoms with Crippen LogP contribution in [0, 0.1) is 23.3 Å². The minimum atomic E-state index is -2.05. The van der Waals surface area contributed by atoms with Crippen molar-refractivity contribution < 1.29 is 22.4 Å². The molecule has 2 aromatic rings. The molecule has 21 heavy (non-hydrogen) atoms. The molecule has 2 rings (SSSR count). The Morgan fingerprint density at radius 2 is 1.90 bits per heavy atom. The smallest absolute Gasteiger partial charge is 0.261 e. The maximum atomic E-state index is 13.5. The fourth-order valence-electron chi connectivity index (χ4n) is 1.68. The maximum Gasteiger partial charge on any atom is 0.261 e. The molecule has 112 valence electrons. The van der Waals surface area contributed by atoms with E-state index in [1.165, 1.54) is 4.68 Å². The van der Waals surface area contributed by atoms with Gasteiger partial charge in [-0.05, 0) is 6.07 Å². The van der Waals surface area contributed by atoms with Crippen LogP contribution in [0.4, 0.5) is 23.5 Å². The van der Waals surface area contributed by atoms with Crippen molar-refractivity contribution in [2.75, 3.05) is 5.32 Å². The first-order valence-electron chi connectivity index (χ1n) is 5.89. The molecular formula is C12H10F4N4O. The van der Waals surface area contributed by atoms with E-state index in [2.05, 4.69) is 15.4 Å². The van der Waals surface area contributed by atoms with Crippen LogP contribution < -0.4 is 5.32 Å². The van der Waals surface area contributed by atoms with E-state index >= 15 is 0 Å². The van der Waals surface area contributed by atoms with Crippen LogP contribution in [0.5, 0.6) is 0 Å². The van der Waals surface area contributed by atoms with E-state index in [0.717, 1.165) is 0 Å². The highest BCUT2D eigenvalue weighted by molar-refractivity contribution is 6.03. The van der Waals surface area contributed by atoms with Crippen molar-refractivity contribution in [1.82, 2.24) is 14.8 Å². The summed E-state index contributed by atoms with van der Waals surface area (Å²) in [5.41, 5.74) is -0.975. The van der Waals surface area contributed by atoms with E-state index in [0.29, 0.717) is 12.2 Å². The molecule has 0 aliphatic heterocycles. The number of carbonyl (C=O) groups excluding carboxylic acids is 1. The molecule has 0 spiro atoms. The Morgan fingerprint density at radius 3 is 2.48 bits per heavy atom. The van der Waals surface area contributed by atoms with Crippen LogP contribution in [0.3, 0.4) is 0 Å². The highest BCUT2D eigenvalue weighted by Crippen LogP contribution is 2.19. The SMILES string of the molecule is CCc1nc(NC(=O)c2cc(F)c(F)c(F)c2F)nn1C. The van der Waals surface area contributed by atoms with Crippen LogP contribution in [0.15, 0.2) is 6.07 Å². The summed E-state index contributed by atoms with van der Waals surface area (Å²) in [7, 11) is 1.58. The van der Waals surface area contributed by atoms with Crippen LogP contribution in [0.1, 0.15) is 23.1 Å². The van der Waals surface area contributed by atoms with Crippen molar-refractivity contribution in [3.05, 3.63) is 40.7 Å². The van der Waals surface area contributed by atoms with Gasteiger partial charge in [-0.25, -0.2) is 17.6 Å². The Hall–Kier alpha value is -2.45. The van der Waals surface area contributed by atoms with Crippen molar-refractivity contribution >= 4 is 11.9 Å². The molecule has 0 radical (unpaired) electrons. The summed E-state index contributed by atoms with van der Waals surface area (Å²) in [6.07, 6.45) is 0.535. The molecule has 0 bridgehead atoms. The number of aromatic nitrogens is 3. The molecule has 0 saturated heterocycles. The summed E-state index contributed by atoms with van der Waals surface area (Å²) in [6.45, 7) is 1.81. The van der Waals surface area contributed by atoms with Crippen LogP contribution >= 0.6 is 0 Å². The molecule has 1 aromatic heterocycles. The van der Waals surface area contributed by atoms with E-state index in [1.54, 1.807) is 14.0 Å². The lowest BCUT2D eigenvalue weighted by molar-refractivity contribution is 0.102. The number of carbonyl (C=O) groups is 1. The van der Waals surface area contributed by atoms with Crippen molar-refractivity contribution in [2.45, 2.75) is 13.3 Å². The number of amides is 1. The standard InChI is InChI=1S/C12H10F4N4O/c1-3-7-17-12(19-20(7)2)18-11(21)5-4-6(13)9(15)10(16)8(5)14/h4H,3H2,1-2H3,(H,18,19,21). The first-order valence-corrected chi connectivity index (χ1v) is 5.89. The molecule has 0 aliphatic rings. The quantitative estimate of drug-likeness (QED) is 0.537. The summed E-state index contributed by atoms with van der Waals surface area (Å²) < 4.78 is 53.8. The predicted molar refractivity (Wildman–Crippen MR) is 64.6 cm³/mol. The minimum Gasteiger partial charge on any atom is -0.289 e. The number of halogens is 4. The molecular weight excluding hydrogens is 292 g/mol. The Bertz CT molecular complexity index is 714. The predicted octanol–water partition coefficient (Wildman–Crippen LogP) is 2.19. The van der Waals surface area contributed by atoms with Gasteiger partial charge >= 0.3 is 0 Å². The molecule has 1 aromatic carbocycles. The van der Waals surface area contributed by atoms with E-state index < -0.39 is 34.7 Å². The van der Waals surface area contributed by atoms with Gasteiger partial charge in [0.2, 0.25) is 5.95 Å². The second kappa shape index (κ2) is 5.51. The Morgan fingerprint density at radius 1 is 1.24 bits per heavy atom. The lowest BCUT2D eigenvalue weighted by Gasteiger charge is -2.05. The second-order valence-corrected chi connectivity index (χ2v) is 4.13. The van der Waals surface area contributed by atoms with Crippen molar-refractivity contribution in [2.24, 2.45) is 7.05 Å². The maximum absolute atomic E-state index is 13.5. The molecule has 1 N–H and O–H groups in total. The number of nitrogens with one attached hydrogen (secondary N) is 1. The van der Waals surface area contributed by atoms with Gasteiger partial charge < -0.3 is 0 Å². The van der Waals surface area contributed by atoms with Gasteiger partial charge in [-0.2, -0.15) is 4.98 Å². The largest absolute Gasteiger partial charge is 0.289 e. The van der Waals surface area contributed by atoms with E-state index in [4.69, 9.17) is 0 Å². The third-order valence-corrected chi connectivity index (χ3v) is 2.74. The average molecular weight is 302 g/mol. The molecule has 0 aliphatic carbocycles. The summed E-state index contributed by atoms with van der Waals surface area (Å²) >= 11 is 0. The number of anilines is 1. The van der Waals surface area contributed by atoms with Crippen molar-refractivity contribution in [1.29, 1.82) is 0 Å². The number of rotatable bonds is 3. The van der Waals surface area contributed by atoms with Crippen LogP contribution in [0.25, 0.3) is 0 Å². The normalized spacial score (nSPS) is 10.8. The van der Waals surface area contributed by atoms with Gasteiger partial charge in [-0.1, -0.05) is 6.92 Å². The van der Waals surface area contributed by atoms with Crippen molar-refractivity contribution in [3.63, 3.8) is 0 Å². The molecule has 0 unspecified atom stereocenters. The third kappa shape index (κ3) is 2.71. The molecule has 1 heterocycles. The Labute approximate surface area is 116 Å². The molecule has 1 amide bonds. The van der Waals surface area contributed by atoms with Crippen LogP contribution in [0.2, 0.25) is 0 Å². The van der Waals surface area contributed by atoms with Gasteiger partial charge in [0.1, 0.15) is 5.82 Å². The number of benzene rings is 1. The summed E-state index contributed by atoms with van der Waals surface area (Å²) in [4.78, 5) is 15.7. The third-order valence-electron chi connectivity index (χ3n) is 2.74. The lowest BCUT2D eigenvalue weighted by Crippen LogP contribution is -2.17. The number of hydrogen-bond acceptors (Lipinski definition) is 3. The Kier molecular flexibility index (Phi) is 3.92. The lowest BCUT2D eigenvalue weighted by atomic mass is 10.1. The van der Waals surface area contributed by atoms with Gasteiger partial charge in [0.25, 0.3) is 5.91 Å². The zero-order valence-electron chi connectivity index (χ0n) is 11.0. The molecule has 5 nitrogen and oxygen atoms in total. The number of aryl methyl sites for hydroxylation is 2. The van der Waals surface area contributed by atoms with Crippen LogP contribution in [-0.4, -0.2) is 20.7 Å². The van der Waals surface area contributed by atoms with Crippen molar-refractivity contribution in [3.8, 4) is 0 Å². The van der Waals surface area contributed by atoms with Gasteiger partial charge in [0.05, 0.1) is 5.56 Å². The molecule has 0 fully saturated rings. The Balaban J connectivity index is 2.32. The molecule has 0 atom stereocenters.